The van der Waals surface area contributed by atoms with Gasteiger partial charge in [-0.25, -0.2) is 0 Å². The van der Waals surface area contributed by atoms with E-state index in [1.165, 1.54) is 38.5 Å². The van der Waals surface area contributed by atoms with Gasteiger partial charge in [-0.3, -0.25) is 0 Å². The minimum absolute atomic E-state index is 0.176. The lowest BCUT2D eigenvalue weighted by Crippen LogP contribution is -2.50. The SMILES string of the molecule is CCC1=CC[C@H]2[C@@H]3CC=C4C[C@@H](OC(C)=NO)CC[C@]4(C)[C@H]3CC[C@]12C. The van der Waals surface area contributed by atoms with Crippen LogP contribution in [0.4, 0.5) is 0 Å². The van der Waals surface area contributed by atoms with Gasteiger partial charge in [-0.15, -0.1) is 0 Å². The number of nitrogens with zero attached hydrogens (tertiary/aromatic N) is 1. The minimum Gasteiger partial charge on any atom is -0.475 e. The van der Waals surface area contributed by atoms with Gasteiger partial charge in [-0.05, 0) is 73.5 Å². The first-order valence-corrected chi connectivity index (χ1v) is 10.7. The molecule has 0 saturated heterocycles. The molecule has 0 heterocycles. The third-order valence-corrected chi connectivity index (χ3v) is 8.66. The fourth-order valence-corrected chi connectivity index (χ4v) is 7.20. The summed E-state index contributed by atoms with van der Waals surface area (Å²) in [5.74, 6) is 2.92. The molecule has 0 radical (unpaired) electrons. The van der Waals surface area contributed by atoms with Crippen molar-refractivity contribution in [3.63, 3.8) is 0 Å². The number of allylic oxidation sites excluding steroid dienone is 3. The van der Waals surface area contributed by atoms with Crippen LogP contribution in [0.15, 0.2) is 28.5 Å². The zero-order valence-corrected chi connectivity index (χ0v) is 16.9. The molecular weight excluding hydrogens is 322 g/mol. The summed E-state index contributed by atoms with van der Waals surface area (Å²) < 4.78 is 5.84. The van der Waals surface area contributed by atoms with E-state index in [2.05, 4.69) is 38.1 Å². The maximum Gasteiger partial charge on any atom is 0.222 e. The van der Waals surface area contributed by atoms with Crippen LogP contribution in [0, 0.1) is 28.6 Å². The molecule has 0 spiro atoms. The lowest BCUT2D eigenvalue weighted by molar-refractivity contribution is -0.0289. The highest BCUT2D eigenvalue weighted by molar-refractivity contribution is 5.72. The van der Waals surface area contributed by atoms with Crippen LogP contribution < -0.4 is 0 Å². The molecule has 144 valence electrons. The predicted molar refractivity (Wildman–Crippen MR) is 105 cm³/mol. The first kappa shape index (κ1) is 18.1. The highest BCUT2D eigenvalue weighted by Gasteiger charge is 2.56. The average Bonchev–Trinajstić information content (AvgIpc) is 2.98. The summed E-state index contributed by atoms with van der Waals surface area (Å²) in [6, 6.07) is 0. The van der Waals surface area contributed by atoms with Crippen molar-refractivity contribution in [1.29, 1.82) is 0 Å². The van der Waals surface area contributed by atoms with Gasteiger partial charge in [0.25, 0.3) is 0 Å². The standard InChI is InChI=1S/C23H35NO2/c1-5-16-7-9-20-19-8-6-17-14-18(26-15(2)24-25)10-12-23(17,4)21(19)11-13-22(16,20)3/h6-7,18-21,25H,5,8-14H2,1-4H3/t18-,19-,20-,21-,22+,23-/m0/s1. The first-order chi connectivity index (χ1) is 12.4. The Morgan fingerprint density at radius 2 is 1.92 bits per heavy atom. The van der Waals surface area contributed by atoms with Crippen molar-refractivity contribution in [2.24, 2.45) is 33.7 Å². The maximum absolute atomic E-state index is 8.90. The van der Waals surface area contributed by atoms with Gasteiger partial charge in [0.15, 0.2) is 0 Å². The van der Waals surface area contributed by atoms with E-state index in [1.807, 2.05) is 0 Å². The van der Waals surface area contributed by atoms with Crippen LogP contribution in [-0.2, 0) is 4.74 Å². The molecule has 1 N–H and O–H groups in total. The van der Waals surface area contributed by atoms with E-state index in [9.17, 15) is 0 Å². The van der Waals surface area contributed by atoms with Crippen molar-refractivity contribution >= 4 is 5.90 Å². The second kappa shape index (κ2) is 6.42. The average molecular weight is 358 g/mol. The molecule has 26 heavy (non-hydrogen) atoms. The Bertz CT molecular complexity index is 663. The molecule has 0 unspecified atom stereocenters. The highest BCUT2D eigenvalue weighted by atomic mass is 16.5. The van der Waals surface area contributed by atoms with E-state index in [0.29, 0.717) is 16.7 Å². The molecule has 0 aliphatic heterocycles. The van der Waals surface area contributed by atoms with Gasteiger partial charge < -0.3 is 9.94 Å². The third-order valence-electron chi connectivity index (χ3n) is 8.66. The molecule has 4 aliphatic carbocycles. The second-order valence-corrected chi connectivity index (χ2v) is 9.64. The summed E-state index contributed by atoms with van der Waals surface area (Å²) in [5, 5.41) is 12.1. The summed E-state index contributed by atoms with van der Waals surface area (Å²) in [6.45, 7) is 9.16. The van der Waals surface area contributed by atoms with Gasteiger partial charge in [0, 0.05) is 13.3 Å². The number of oxime groups is 1. The van der Waals surface area contributed by atoms with Gasteiger partial charge in [-0.2, -0.15) is 0 Å². The molecule has 4 aliphatic rings. The molecule has 6 atom stereocenters. The lowest BCUT2D eigenvalue weighted by Gasteiger charge is -2.58. The second-order valence-electron chi connectivity index (χ2n) is 9.64. The van der Waals surface area contributed by atoms with Crippen LogP contribution in [0.25, 0.3) is 0 Å². The zero-order valence-electron chi connectivity index (χ0n) is 16.9. The number of fused-ring (bicyclic) bond motifs is 5. The van der Waals surface area contributed by atoms with Crippen molar-refractivity contribution < 1.29 is 9.94 Å². The summed E-state index contributed by atoms with van der Waals surface area (Å²) >= 11 is 0. The van der Waals surface area contributed by atoms with Gasteiger partial charge in [0.1, 0.15) is 6.10 Å². The molecule has 0 bridgehead atoms. The smallest absolute Gasteiger partial charge is 0.222 e. The van der Waals surface area contributed by atoms with Crippen LogP contribution in [0.3, 0.4) is 0 Å². The van der Waals surface area contributed by atoms with E-state index < -0.39 is 0 Å². The number of hydrogen-bond donors (Lipinski definition) is 1. The monoisotopic (exact) mass is 357 g/mol. The lowest BCUT2D eigenvalue weighted by atomic mass is 9.47. The number of hydrogen-bond acceptors (Lipinski definition) is 3. The Morgan fingerprint density at radius 3 is 2.65 bits per heavy atom. The van der Waals surface area contributed by atoms with Crippen LogP contribution in [0.2, 0.25) is 0 Å². The largest absolute Gasteiger partial charge is 0.475 e. The van der Waals surface area contributed by atoms with Gasteiger partial charge >= 0.3 is 0 Å². The predicted octanol–water partition coefficient (Wildman–Crippen LogP) is 6.09. The van der Waals surface area contributed by atoms with E-state index >= 15 is 0 Å². The van der Waals surface area contributed by atoms with Gasteiger partial charge in [-0.1, -0.05) is 49.2 Å². The van der Waals surface area contributed by atoms with E-state index in [0.717, 1.165) is 30.6 Å². The summed E-state index contributed by atoms with van der Waals surface area (Å²) in [4.78, 5) is 0. The van der Waals surface area contributed by atoms with Crippen molar-refractivity contribution in [2.45, 2.75) is 85.2 Å². The third kappa shape index (κ3) is 2.57. The quantitative estimate of drug-likeness (QED) is 0.214. The Hall–Kier alpha value is -1.25. The molecule has 0 aromatic carbocycles. The van der Waals surface area contributed by atoms with Crippen LogP contribution >= 0.6 is 0 Å². The Morgan fingerprint density at radius 1 is 1.15 bits per heavy atom. The summed E-state index contributed by atoms with van der Waals surface area (Å²) in [5.41, 5.74) is 4.17. The Labute approximate surface area is 158 Å². The van der Waals surface area contributed by atoms with E-state index in [4.69, 9.17) is 9.94 Å². The molecule has 0 aromatic rings. The van der Waals surface area contributed by atoms with E-state index in [1.54, 1.807) is 18.1 Å². The molecule has 4 rings (SSSR count). The number of ether oxygens (including phenoxy) is 1. The fraction of sp³-hybridized carbons (Fsp3) is 0.783. The molecule has 2 fully saturated rings. The normalized spacial score (nSPS) is 45.2. The van der Waals surface area contributed by atoms with Crippen molar-refractivity contribution in [3.8, 4) is 0 Å². The van der Waals surface area contributed by atoms with Crippen molar-refractivity contribution in [1.82, 2.24) is 0 Å². The molecule has 2 saturated carbocycles. The van der Waals surface area contributed by atoms with Gasteiger partial charge in [0.2, 0.25) is 5.90 Å². The van der Waals surface area contributed by atoms with Crippen LogP contribution in [0.1, 0.15) is 79.1 Å². The Kier molecular flexibility index (Phi) is 4.48. The topological polar surface area (TPSA) is 41.8 Å². The first-order valence-electron chi connectivity index (χ1n) is 10.7. The zero-order chi connectivity index (χ0) is 18.5. The molecule has 0 amide bonds. The van der Waals surface area contributed by atoms with Gasteiger partial charge in [0.05, 0.1) is 0 Å². The summed E-state index contributed by atoms with van der Waals surface area (Å²) in [6.07, 6.45) is 15.1. The van der Waals surface area contributed by atoms with E-state index in [-0.39, 0.29) is 6.10 Å². The highest BCUT2D eigenvalue weighted by Crippen LogP contribution is 2.65. The molecular formula is C23H35NO2. The van der Waals surface area contributed by atoms with Crippen molar-refractivity contribution in [2.75, 3.05) is 0 Å². The fourth-order valence-electron chi connectivity index (χ4n) is 7.20. The minimum atomic E-state index is 0.176. The molecule has 0 aromatic heterocycles. The molecule has 3 heteroatoms. The molecule has 3 nitrogen and oxygen atoms in total. The van der Waals surface area contributed by atoms with Crippen molar-refractivity contribution in [3.05, 3.63) is 23.3 Å². The Balaban J connectivity index is 1.56. The number of rotatable bonds is 2. The van der Waals surface area contributed by atoms with Crippen LogP contribution in [0.5, 0.6) is 0 Å². The maximum atomic E-state index is 8.90. The van der Waals surface area contributed by atoms with Crippen LogP contribution in [-0.4, -0.2) is 17.2 Å². The summed E-state index contributed by atoms with van der Waals surface area (Å²) in [7, 11) is 0.